The lowest BCUT2D eigenvalue weighted by atomic mass is 9.95. The average Bonchev–Trinajstić information content (AvgIpc) is 2.63. The van der Waals surface area contributed by atoms with Crippen molar-refractivity contribution in [3.8, 4) is 5.75 Å². The molecule has 1 nitrogen and oxygen atoms in total. The average molecular weight is 315 g/mol. The SMILES string of the molecule is COc1ccc2c(c1)CCc1ccccc1/C2=C\Br. The van der Waals surface area contributed by atoms with Crippen LogP contribution < -0.4 is 4.74 Å². The van der Waals surface area contributed by atoms with Gasteiger partial charge in [-0.25, -0.2) is 0 Å². The van der Waals surface area contributed by atoms with E-state index in [2.05, 4.69) is 52.3 Å². The largest absolute Gasteiger partial charge is 0.497 e. The zero-order valence-corrected chi connectivity index (χ0v) is 12.4. The second-order valence-corrected chi connectivity index (χ2v) is 5.16. The first kappa shape index (κ1) is 12.5. The Labute approximate surface area is 122 Å². The lowest BCUT2D eigenvalue weighted by Crippen LogP contribution is -1.93. The molecule has 0 aromatic heterocycles. The number of hydrogen-bond donors (Lipinski definition) is 0. The molecule has 2 aromatic carbocycles. The van der Waals surface area contributed by atoms with Crippen LogP contribution in [0.5, 0.6) is 5.75 Å². The quantitative estimate of drug-likeness (QED) is 0.748. The zero-order valence-electron chi connectivity index (χ0n) is 10.8. The standard InChI is InChI=1S/C17H15BrO/c1-19-14-8-9-16-13(10-14)7-6-12-4-2-3-5-15(12)17(16)11-18/h2-5,8-11H,6-7H2,1H3/b17-11+. The van der Waals surface area contributed by atoms with Crippen molar-refractivity contribution >= 4 is 21.5 Å². The summed E-state index contributed by atoms with van der Waals surface area (Å²) in [5.74, 6) is 0.929. The Morgan fingerprint density at radius 3 is 2.53 bits per heavy atom. The predicted molar refractivity (Wildman–Crippen MR) is 82.9 cm³/mol. The van der Waals surface area contributed by atoms with Crippen LogP contribution >= 0.6 is 15.9 Å². The number of hydrogen-bond acceptors (Lipinski definition) is 1. The molecule has 0 unspecified atom stereocenters. The Kier molecular flexibility index (Phi) is 3.43. The van der Waals surface area contributed by atoms with Crippen LogP contribution in [0, 0.1) is 0 Å². The molecular formula is C17H15BrO. The maximum absolute atomic E-state index is 5.34. The molecule has 0 N–H and O–H groups in total. The fourth-order valence-corrected chi connectivity index (χ4v) is 3.19. The van der Waals surface area contributed by atoms with Gasteiger partial charge >= 0.3 is 0 Å². The Morgan fingerprint density at radius 2 is 1.74 bits per heavy atom. The van der Waals surface area contributed by atoms with Crippen LogP contribution in [0.3, 0.4) is 0 Å². The van der Waals surface area contributed by atoms with E-state index in [1.165, 1.54) is 27.8 Å². The second kappa shape index (κ2) is 5.22. The van der Waals surface area contributed by atoms with E-state index in [0.717, 1.165) is 18.6 Å². The molecule has 0 saturated carbocycles. The van der Waals surface area contributed by atoms with Gasteiger partial charge in [-0.15, -0.1) is 0 Å². The fraction of sp³-hybridized carbons (Fsp3) is 0.176. The monoisotopic (exact) mass is 314 g/mol. The van der Waals surface area contributed by atoms with Crippen molar-refractivity contribution < 1.29 is 4.74 Å². The number of halogens is 1. The number of aryl methyl sites for hydroxylation is 2. The number of methoxy groups -OCH3 is 1. The van der Waals surface area contributed by atoms with Crippen molar-refractivity contribution in [3.05, 3.63) is 69.7 Å². The topological polar surface area (TPSA) is 9.23 Å². The number of ether oxygens (including phenoxy) is 1. The molecule has 96 valence electrons. The summed E-state index contributed by atoms with van der Waals surface area (Å²) in [7, 11) is 1.72. The van der Waals surface area contributed by atoms with E-state index in [0.29, 0.717) is 0 Å². The summed E-state index contributed by atoms with van der Waals surface area (Å²) in [5, 5.41) is 0. The minimum atomic E-state index is 0.929. The third-order valence-corrected chi connectivity index (χ3v) is 4.14. The third kappa shape index (κ3) is 2.21. The molecule has 0 saturated heterocycles. The smallest absolute Gasteiger partial charge is 0.119 e. The highest BCUT2D eigenvalue weighted by Crippen LogP contribution is 2.35. The van der Waals surface area contributed by atoms with Gasteiger partial charge in [0, 0.05) is 0 Å². The summed E-state index contributed by atoms with van der Waals surface area (Å²) in [5.41, 5.74) is 6.63. The van der Waals surface area contributed by atoms with Gasteiger partial charge in [0.05, 0.1) is 7.11 Å². The van der Waals surface area contributed by atoms with Crippen LogP contribution in [0.1, 0.15) is 22.3 Å². The van der Waals surface area contributed by atoms with Crippen LogP contribution in [0.4, 0.5) is 0 Å². The minimum Gasteiger partial charge on any atom is -0.497 e. The van der Waals surface area contributed by atoms with Gasteiger partial charge in [-0.3, -0.25) is 0 Å². The lowest BCUT2D eigenvalue weighted by molar-refractivity contribution is 0.414. The first-order chi connectivity index (χ1) is 9.33. The van der Waals surface area contributed by atoms with Gasteiger partial charge in [0.15, 0.2) is 0 Å². The minimum absolute atomic E-state index is 0.929. The van der Waals surface area contributed by atoms with Gasteiger partial charge in [0.1, 0.15) is 5.75 Å². The molecule has 2 aromatic rings. The predicted octanol–water partition coefficient (Wildman–Crippen LogP) is 4.58. The zero-order chi connectivity index (χ0) is 13.2. The molecule has 0 aliphatic heterocycles. The molecule has 0 heterocycles. The molecule has 19 heavy (non-hydrogen) atoms. The van der Waals surface area contributed by atoms with Crippen LogP contribution in [0.25, 0.3) is 5.57 Å². The molecular weight excluding hydrogens is 300 g/mol. The molecule has 0 radical (unpaired) electrons. The summed E-state index contributed by atoms with van der Waals surface area (Å²) in [6.07, 6.45) is 2.12. The first-order valence-electron chi connectivity index (χ1n) is 6.39. The highest BCUT2D eigenvalue weighted by Gasteiger charge is 2.17. The van der Waals surface area contributed by atoms with Gasteiger partial charge in [-0.1, -0.05) is 46.3 Å². The second-order valence-electron chi connectivity index (χ2n) is 4.70. The summed E-state index contributed by atoms with van der Waals surface area (Å²) < 4.78 is 5.34. The Balaban J connectivity index is 2.20. The summed E-state index contributed by atoms with van der Waals surface area (Å²) in [6, 6.07) is 15.0. The lowest BCUT2D eigenvalue weighted by Gasteiger charge is -2.11. The van der Waals surface area contributed by atoms with Crippen LogP contribution in [0.15, 0.2) is 47.4 Å². The summed E-state index contributed by atoms with van der Waals surface area (Å²) in [4.78, 5) is 2.03. The molecule has 0 spiro atoms. The van der Waals surface area contributed by atoms with Gasteiger partial charge in [0.25, 0.3) is 0 Å². The number of benzene rings is 2. The molecule has 3 rings (SSSR count). The van der Waals surface area contributed by atoms with Crippen molar-refractivity contribution in [2.75, 3.05) is 7.11 Å². The number of fused-ring (bicyclic) bond motifs is 2. The molecule has 1 aliphatic carbocycles. The normalized spacial score (nSPS) is 15.6. The van der Waals surface area contributed by atoms with Gasteiger partial charge < -0.3 is 4.74 Å². The maximum atomic E-state index is 5.34. The third-order valence-electron chi connectivity index (χ3n) is 3.68. The molecule has 0 bridgehead atoms. The van der Waals surface area contributed by atoms with E-state index < -0.39 is 0 Å². The van der Waals surface area contributed by atoms with Gasteiger partial charge in [0.2, 0.25) is 0 Å². The van der Waals surface area contributed by atoms with Crippen molar-refractivity contribution in [1.82, 2.24) is 0 Å². The van der Waals surface area contributed by atoms with E-state index in [9.17, 15) is 0 Å². The van der Waals surface area contributed by atoms with E-state index in [-0.39, 0.29) is 0 Å². The Hall–Kier alpha value is -1.54. The first-order valence-corrected chi connectivity index (χ1v) is 7.31. The molecule has 0 amide bonds. The van der Waals surface area contributed by atoms with Gasteiger partial charge in [-0.2, -0.15) is 0 Å². The number of rotatable bonds is 1. The van der Waals surface area contributed by atoms with E-state index in [4.69, 9.17) is 4.74 Å². The highest BCUT2D eigenvalue weighted by molar-refractivity contribution is 9.11. The Bertz CT molecular complexity index is 643. The van der Waals surface area contributed by atoms with Crippen LogP contribution in [0.2, 0.25) is 0 Å². The molecule has 2 heteroatoms. The summed E-state index contributed by atoms with van der Waals surface area (Å²) in [6.45, 7) is 0. The maximum Gasteiger partial charge on any atom is 0.119 e. The van der Waals surface area contributed by atoms with Crippen molar-refractivity contribution in [2.24, 2.45) is 0 Å². The van der Waals surface area contributed by atoms with Crippen LogP contribution in [-0.4, -0.2) is 7.11 Å². The molecule has 1 aliphatic rings. The fourth-order valence-electron chi connectivity index (χ4n) is 2.70. The highest BCUT2D eigenvalue weighted by atomic mass is 79.9. The van der Waals surface area contributed by atoms with Crippen molar-refractivity contribution in [3.63, 3.8) is 0 Å². The van der Waals surface area contributed by atoms with Crippen molar-refractivity contribution in [2.45, 2.75) is 12.8 Å². The van der Waals surface area contributed by atoms with Crippen molar-refractivity contribution in [1.29, 1.82) is 0 Å². The van der Waals surface area contributed by atoms with Gasteiger partial charge in [-0.05, 0) is 57.8 Å². The Morgan fingerprint density at radius 1 is 1.00 bits per heavy atom. The van der Waals surface area contributed by atoms with Crippen LogP contribution in [-0.2, 0) is 12.8 Å². The molecule has 0 atom stereocenters. The van der Waals surface area contributed by atoms with E-state index >= 15 is 0 Å². The van der Waals surface area contributed by atoms with E-state index in [1.807, 2.05) is 11.1 Å². The van der Waals surface area contributed by atoms with E-state index in [1.54, 1.807) is 7.11 Å². The summed E-state index contributed by atoms with van der Waals surface area (Å²) >= 11 is 3.53. The molecule has 0 fully saturated rings.